The summed E-state index contributed by atoms with van der Waals surface area (Å²) in [7, 11) is 0. The monoisotopic (exact) mass is 385 g/mol. The van der Waals surface area contributed by atoms with E-state index in [1.165, 1.54) is 103 Å². The second kappa shape index (κ2) is 20.6. The van der Waals surface area contributed by atoms with Crippen LogP contribution in [0.25, 0.3) is 0 Å². The Hall–Kier alpha value is -0.120. The Labute approximate surface area is 171 Å². The molecule has 0 aliphatic rings. The number of quaternary nitrogens is 1. The van der Waals surface area contributed by atoms with Gasteiger partial charge in [0.1, 0.15) is 13.1 Å². The molecule has 0 unspecified atom stereocenters. The normalized spacial score (nSPS) is 12.0. The molecule has 0 aliphatic carbocycles. The number of hydroxylamine groups is 4. The highest BCUT2D eigenvalue weighted by molar-refractivity contribution is 4.50. The van der Waals surface area contributed by atoms with Crippen molar-refractivity contribution in [2.45, 2.75) is 142 Å². The van der Waals surface area contributed by atoms with Gasteiger partial charge in [-0.3, -0.25) is 0 Å². The fourth-order valence-corrected chi connectivity index (χ4v) is 3.80. The summed E-state index contributed by atoms with van der Waals surface area (Å²) in [5.74, 6) is 0. The molecule has 0 atom stereocenters. The van der Waals surface area contributed by atoms with Crippen LogP contribution in [-0.4, -0.2) is 23.1 Å². The van der Waals surface area contributed by atoms with E-state index in [9.17, 15) is 10.4 Å². The summed E-state index contributed by atoms with van der Waals surface area (Å²) in [6, 6.07) is 0. The Morgan fingerprint density at radius 3 is 0.926 bits per heavy atom. The van der Waals surface area contributed by atoms with E-state index in [2.05, 4.69) is 13.8 Å². The molecular weight excluding hydrogens is 334 g/mol. The predicted molar refractivity (Wildman–Crippen MR) is 119 cm³/mol. The average molecular weight is 386 g/mol. The first-order valence-electron chi connectivity index (χ1n) is 12.4. The van der Waals surface area contributed by atoms with Gasteiger partial charge in [-0.1, -0.05) is 117 Å². The van der Waals surface area contributed by atoms with E-state index in [1.54, 1.807) is 0 Å². The van der Waals surface area contributed by atoms with Gasteiger partial charge in [0.05, 0.1) is 0 Å². The Kier molecular flexibility index (Phi) is 20.5. The summed E-state index contributed by atoms with van der Waals surface area (Å²) >= 11 is 0. The molecule has 0 saturated carbocycles. The highest BCUT2D eigenvalue weighted by Gasteiger charge is 2.12. The van der Waals surface area contributed by atoms with Crippen LogP contribution in [0.15, 0.2) is 0 Å². The molecule has 0 heterocycles. The summed E-state index contributed by atoms with van der Waals surface area (Å²) in [5.41, 5.74) is 0. The molecule has 0 aliphatic heterocycles. The smallest absolute Gasteiger partial charge is 0.108 e. The fourth-order valence-electron chi connectivity index (χ4n) is 3.80. The second-order valence-electron chi connectivity index (χ2n) is 8.66. The Bertz CT molecular complexity index is 256. The van der Waals surface area contributed by atoms with Crippen LogP contribution in [0.3, 0.4) is 0 Å². The molecule has 3 nitrogen and oxygen atoms in total. The van der Waals surface area contributed by atoms with Crippen LogP contribution in [0.4, 0.5) is 0 Å². The number of rotatable bonds is 22. The lowest BCUT2D eigenvalue weighted by atomic mass is 10.1. The van der Waals surface area contributed by atoms with Gasteiger partial charge in [0, 0.05) is 0 Å². The molecule has 0 amide bonds. The summed E-state index contributed by atoms with van der Waals surface area (Å²) in [6.45, 7) is 5.28. The van der Waals surface area contributed by atoms with Crippen molar-refractivity contribution in [3.05, 3.63) is 5.21 Å². The lowest BCUT2D eigenvalue weighted by Gasteiger charge is -2.33. The third kappa shape index (κ3) is 22.0. The molecule has 164 valence electrons. The third-order valence-corrected chi connectivity index (χ3v) is 5.72. The van der Waals surface area contributed by atoms with Crippen molar-refractivity contribution < 1.29 is 10.0 Å². The molecule has 27 heavy (non-hydrogen) atoms. The van der Waals surface area contributed by atoms with E-state index in [0.717, 1.165) is 25.7 Å². The highest BCUT2D eigenvalue weighted by Crippen LogP contribution is 2.14. The summed E-state index contributed by atoms with van der Waals surface area (Å²) < 4.78 is 0. The van der Waals surface area contributed by atoms with Gasteiger partial charge in [-0.2, -0.15) is 0 Å². The molecule has 0 spiro atoms. The quantitative estimate of drug-likeness (QED) is 0.115. The molecular formula is C24H51NO2. The molecule has 0 fully saturated rings. The minimum absolute atomic E-state index is 0.383. The molecule has 0 radical (unpaired) electrons. The van der Waals surface area contributed by atoms with Crippen molar-refractivity contribution in [1.82, 2.24) is 0 Å². The van der Waals surface area contributed by atoms with Crippen molar-refractivity contribution in [2.24, 2.45) is 0 Å². The maximum Gasteiger partial charge on any atom is 0.108 e. The zero-order valence-corrected chi connectivity index (χ0v) is 18.9. The molecule has 0 saturated heterocycles. The average Bonchev–Trinajstić information content (AvgIpc) is 2.64. The maximum atomic E-state index is 12.1. The molecule has 0 rings (SSSR count). The van der Waals surface area contributed by atoms with Crippen LogP contribution in [-0.2, 0) is 0 Å². The van der Waals surface area contributed by atoms with E-state index >= 15 is 0 Å². The van der Waals surface area contributed by atoms with E-state index < -0.39 is 4.81 Å². The zero-order chi connectivity index (χ0) is 20.1. The molecule has 0 aromatic heterocycles. The standard InChI is InChI=1S/C24H51NO2/c1-3-5-7-9-11-13-15-17-19-21-23-25(26,27)24-22-20-18-16-14-12-10-8-6-4-2/h26H,3-24H2,1-2H3. The first kappa shape index (κ1) is 26.9. The van der Waals surface area contributed by atoms with Crippen molar-refractivity contribution in [2.75, 3.05) is 13.1 Å². The molecule has 3 heteroatoms. The van der Waals surface area contributed by atoms with Crippen LogP contribution in [0.5, 0.6) is 0 Å². The highest BCUT2D eigenvalue weighted by atomic mass is 16.8. The third-order valence-electron chi connectivity index (χ3n) is 5.72. The van der Waals surface area contributed by atoms with E-state index in [1.807, 2.05) is 0 Å². The van der Waals surface area contributed by atoms with Gasteiger partial charge in [-0.05, 0) is 25.7 Å². The second-order valence-corrected chi connectivity index (χ2v) is 8.66. The molecule has 0 aromatic carbocycles. The topological polar surface area (TPSA) is 43.3 Å². The van der Waals surface area contributed by atoms with Crippen LogP contribution in [0, 0.1) is 5.21 Å². The number of hydrogen-bond acceptors (Lipinski definition) is 2. The first-order valence-corrected chi connectivity index (χ1v) is 12.4. The first-order chi connectivity index (χ1) is 13.1. The van der Waals surface area contributed by atoms with E-state index in [-0.39, 0.29) is 0 Å². The summed E-state index contributed by atoms with van der Waals surface area (Å²) in [4.78, 5) is -1.01. The van der Waals surface area contributed by atoms with E-state index in [0.29, 0.717) is 13.1 Å². The van der Waals surface area contributed by atoms with Crippen LogP contribution < -0.4 is 0 Å². The summed E-state index contributed by atoms with van der Waals surface area (Å²) in [5, 5.41) is 22.0. The summed E-state index contributed by atoms with van der Waals surface area (Å²) in [6.07, 6.45) is 25.2. The van der Waals surface area contributed by atoms with Crippen LogP contribution >= 0.6 is 0 Å². The molecule has 1 N–H and O–H groups in total. The Balaban J connectivity index is 3.31. The van der Waals surface area contributed by atoms with Gasteiger partial charge < -0.3 is 5.21 Å². The molecule has 0 bridgehead atoms. The fraction of sp³-hybridized carbons (Fsp3) is 1.00. The number of hydrogen-bond donors (Lipinski definition) is 1. The van der Waals surface area contributed by atoms with Gasteiger partial charge in [0.2, 0.25) is 0 Å². The van der Waals surface area contributed by atoms with Gasteiger partial charge in [0.25, 0.3) is 0 Å². The lowest BCUT2D eigenvalue weighted by Crippen LogP contribution is -2.40. The van der Waals surface area contributed by atoms with Crippen molar-refractivity contribution in [3.8, 4) is 0 Å². The minimum Gasteiger partial charge on any atom is -0.598 e. The Morgan fingerprint density at radius 2 is 0.667 bits per heavy atom. The zero-order valence-electron chi connectivity index (χ0n) is 18.9. The van der Waals surface area contributed by atoms with Crippen molar-refractivity contribution in [1.29, 1.82) is 0 Å². The van der Waals surface area contributed by atoms with E-state index in [4.69, 9.17) is 0 Å². The SMILES string of the molecule is CCCCCCCCCCCC[N+]([O-])(O)CCCCCCCCCCCC. The van der Waals surface area contributed by atoms with Gasteiger partial charge in [-0.25, -0.2) is 10.0 Å². The number of unbranched alkanes of at least 4 members (excludes halogenated alkanes) is 18. The van der Waals surface area contributed by atoms with Crippen molar-refractivity contribution >= 4 is 0 Å². The predicted octanol–water partition coefficient (Wildman–Crippen LogP) is 8.53. The minimum atomic E-state index is -1.01. The molecule has 0 aromatic rings. The Morgan fingerprint density at radius 1 is 0.444 bits per heavy atom. The maximum absolute atomic E-state index is 12.1. The number of nitrogens with zero attached hydrogens (tertiary/aromatic N) is 1. The lowest BCUT2D eigenvalue weighted by molar-refractivity contribution is -1.06. The van der Waals surface area contributed by atoms with Gasteiger partial charge >= 0.3 is 0 Å². The van der Waals surface area contributed by atoms with Gasteiger partial charge in [-0.15, -0.1) is 0 Å². The van der Waals surface area contributed by atoms with Gasteiger partial charge in [0.15, 0.2) is 0 Å². The largest absolute Gasteiger partial charge is 0.598 e. The van der Waals surface area contributed by atoms with Crippen LogP contribution in [0.2, 0.25) is 0 Å². The van der Waals surface area contributed by atoms with Crippen molar-refractivity contribution in [3.63, 3.8) is 0 Å². The van der Waals surface area contributed by atoms with Crippen LogP contribution in [0.1, 0.15) is 142 Å².